The smallest absolute Gasteiger partial charge is 0.407 e. The standard InChI is InChI=1S/C41H53N5O8S/c1-25(2)23-53-38(50)43-31-14-8-6-4-5-7-11-27-21-41(27,37(49)45-55(51,52)39(3)19-20-39)44-35(47)32-22-40(24-46(32)36(31)48)18-17-29-28-12-9-10-13-30(28)42-33(26-15-16-26)34(29)54-40/h7,9-13,25-27,31-32H,4-6,8,14-24H2,1-3H3,(H,43,50)(H,44,47)(H,45,49)/b11-7-/t27?,31-,32-,40+,41+/m0/s1. The molecule has 6 aliphatic rings. The minimum atomic E-state index is -3.98. The molecule has 13 nitrogen and oxygen atoms in total. The number of aromatic nitrogens is 1. The van der Waals surface area contributed by atoms with Crippen molar-refractivity contribution >= 4 is 44.7 Å². The van der Waals surface area contributed by atoms with Crippen LogP contribution < -0.4 is 20.1 Å². The highest BCUT2D eigenvalue weighted by Gasteiger charge is 2.64. The van der Waals surface area contributed by atoms with Gasteiger partial charge in [-0.15, -0.1) is 0 Å². The number of benzene rings is 1. The van der Waals surface area contributed by atoms with Gasteiger partial charge in [-0.25, -0.2) is 18.2 Å². The number of amides is 4. The highest BCUT2D eigenvalue weighted by Crippen LogP contribution is 2.52. The molecule has 2 aromatic rings. The predicted octanol–water partition coefficient (Wildman–Crippen LogP) is 4.92. The molecule has 55 heavy (non-hydrogen) atoms. The summed E-state index contributed by atoms with van der Waals surface area (Å²) in [4.78, 5) is 63.0. The zero-order chi connectivity index (χ0) is 38.8. The molecule has 1 aromatic carbocycles. The van der Waals surface area contributed by atoms with E-state index in [1.807, 2.05) is 44.2 Å². The number of alkyl carbamates (subject to hydrolysis) is 1. The number of allylic oxidation sites excluding steroid dienone is 1. The number of nitrogens with one attached hydrogen (secondary N) is 3. The maximum Gasteiger partial charge on any atom is 0.407 e. The van der Waals surface area contributed by atoms with Crippen molar-refractivity contribution in [1.82, 2.24) is 25.2 Å². The molecule has 0 radical (unpaired) electrons. The lowest BCUT2D eigenvalue weighted by Crippen LogP contribution is -2.58. The second kappa shape index (κ2) is 14.1. The number of fused-ring (bicyclic) bond motifs is 5. The molecule has 3 aliphatic heterocycles. The van der Waals surface area contributed by atoms with Crippen LogP contribution in [0.4, 0.5) is 4.79 Å². The summed E-state index contributed by atoms with van der Waals surface area (Å²) >= 11 is 0. The summed E-state index contributed by atoms with van der Waals surface area (Å²) in [5.41, 5.74) is 0.490. The van der Waals surface area contributed by atoms with E-state index in [0.717, 1.165) is 53.6 Å². The molecule has 1 spiro atoms. The van der Waals surface area contributed by atoms with Crippen molar-refractivity contribution in [1.29, 1.82) is 0 Å². The number of carbonyl (C=O) groups is 4. The van der Waals surface area contributed by atoms with Gasteiger partial charge in [-0.05, 0) is 83.1 Å². The molecule has 4 heterocycles. The Bertz CT molecular complexity index is 2040. The average Bonchev–Trinajstić information content (AvgIpc) is 4.08. The van der Waals surface area contributed by atoms with Crippen molar-refractivity contribution < 1.29 is 37.1 Å². The van der Waals surface area contributed by atoms with E-state index < -0.39 is 67.7 Å². The van der Waals surface area contributed by atoms with Gasteiger partial charge in [-0.3, -0.25) is 19.1 Å². The first-order valence-electron chi connectivity index (χ1n) is 20.1. The number of sulfonamides is 1. The number of carbonyl (C=O) groups excluding carboxylic acids is 4. The van der Waals surface area contributed by atoms with Gasteiger partial charge in [0.15, 0.2) is 0 Å². The van der Waals surface area contributed by atoms with E-state index in [9.17, 15) is 27.6 Å². The van der Waals surface area contributed by atoms with Crippen LogP contribution in [0.5, 0.6) is 5.75 Å². The van der Waals surface area contributed by atoms with Crippen LogP contribution in [0.2, 0.25) is 0 Å². The molecular formula is C41H53N5O8S. The summed E-state index contributed by atoms with van der Waals surface area (Å²) in [7, 11) is -3.98. The fourth-order valence-electron chi connectivity index (χ4n) is 8.57. The van der Waals surface area contributed by atoms with Crippen LogP contribution in [-0.4, -0.2) is 83.2 Å². The minimum absolute atomic E-state index is 0.0920. The number of rotatable bonds is 7. The van der Waals surface area contributed by atoms with E-state index in [1.54, 1.807) is 6.92 Å². The summed E-state index contributed by atoms with van der Waals surface area (Å²) in [6, 6.07) is 6.03. The predicted molar refractivity (Wildman–Crippen MR) is 205 cm³/mol. The first-order valence-corrected chi connectivity index (χ1v) is 21.6. The molecule has 0 bridgehead atoms. The van der Waals surface area contributed by atoms with Crippen molar-refractivity contribution in [2.45, 2.75) is 138 Å². The number of hydrogen-bond acceptors (Lipinski definition) is 9. The van der Waals surface area contributed by atoms with E-state index in [4.69, 9.17) is 14.5 Å². The van der Waals surface area contributed by atoms with Gasteiger partial charge < -0.3 is 25.0 Å². The van der Waals surface area contributed by atoms with Gasteiger partial charge in [-0.2, -0.15) is 0 Å². The Morgan fingerprint density at radius 1 is 1.07 bits per heavy atom. The highest BCUT2D eigenvalue weighted by atomic mass is 32.2. The van der Waals surface area contributed by atoms with Gasteiger partial charge >= 0.3 is 6.09 Å². The van der Waals surface area contributed by atoms with Gasteiger partial charge in [0.05, 0.1) is 29.1 Å². The normalized spacial score (nSPS) is 30.8. The maximum atomic E-state index is 14.8. The van der Waals surface area contributed by atoms with Gasteiger partial charge in [0.2, 0.25) is 21.8 Å². The SMILES string of the molecule is CC(C)COC(=O)N[C@H]1CCCCC/C=C\C2C[C@@]2(C(=O)NS(=O)(=O)C2(C)CC2)NC(=O)[C@@H]2C[C@]3(CCc4c(c(C5CC5)nc5ccccc45)O3)CN2C1=O. The highest BCUT2D eigenvalue weighted by molar-refractivity contribution is 7.91. The van der Waals surface area contributed by atoms with Crippen LogP contribution >= 0.6 is 0 Å². The van der Waals surface area contributed by atoms with Crippen LogP contribution in [0.15, 0.2) is 36.4 Å². The van der Waals surface area contributed by atoms with Crippen LogP contribution in [0, 0.1) is 11.8 Å². The quantitative estimate of drug-likeness (QED) is 0.330. The molecular weight excluding hydrogens is 723 g/mol. The topological polar surface area (TPSA) is 173 Å². The molecule has 4 amide bonds. The Morgan fingerprint density at radius 3 is 2.60 bits per heavy atom. The van der Waals surface area contributed by atoms with Gasteiger partial charge in [0.1, 0.15) is 29.0 Å². The summed E-state index contributed by atoms with van der Waals surface area (Å²) in [6.07, 6.45) is 11.0. The zero-order valence-corrected chi connectivity index (χ0v) is 32.8. The molecule has 14 heteroatoms. The third kappa shape index (κ3) is 7.31. The van der Waals surface area contributed by atoms with E-state index in [-0.39, 0.29) is 37.8 Å². The lowest BCUT2D eigenvalue weighted by atomic mass is 9.86. The lowest BCUT2D eigenvalue weighted by Gasteiger charge is -2.37. The van der Waals surface area contributed by atoms with Gasteiger partial charge in [0, 0.05) is 29.2 Å². The zero-order valence-electron chi connectivity index (χ0n) is 32.0. The summed E-state index contributed by atoms with van der Waals surface area (Å²) in [5, 5.41) is 6.81. The number of ether oxygens (including phenoxy) is 2. The van der Waals surface area contributed by atoms with Crippen LogP contribution in [0.25, 0.3) is 10.9 Å². The fourth-order valence-corrected chi connectivity index (χ4v) is 9.88. The van der Waals surface area contributed by atoms with Crippen molar-refractivity contribution in [2.24, 2.45) is 11.8 Å². The maximum absolute atomic E-state index is 14.8. The fraction of sp³-hybridized carbons (Fsp3) is 0.634. The van der Waals surface area contributed by atoms with Crippen LogP contribution in [-0.2, 0) is 35.6 Å². The molecule has 5 atom stereocenters. The van der Waals surface area contributed by atoms with Crippen molar-refractivity contribution in [3.8, 4) is 5.75 Å². The molecule has 1 saturated heterocycles. The first-order chi connectivity index (χ1) is 26.2. The number of aryl methyl sites for hydroxylation is 1. The third-order valence-corrected chi connectivity index (χ3v) is 14.7. The van der Waals surface area contributed by atoms with Crippen molar-refractivity contribution in [2.75, 3.05) is 13.2 Å². The Hall–Kier alpha value is -4.20. The molecule has 296 valence electrons. The largest absolute Gasteiger partial charge is 0.483 e. The monoisotopic (exact) mass is 775 g/mol. The lowest BCUT2D eigenvalue weighted by molar-refractivity contribution is -0.141. The Balaban J connectivity index is 1.14. The summed E-state index contributed by atoms with van der Waals surface area (Å²) in [6.45, 7) is 5.75. The number of nitrogens with zero attached hydrogens (tertiary/aromatic N) is 2. The van der Waals surface area contributed by atoms with Crippen LogP contribution in [0.3, 0.4) is 0 Å². The third-order valence-electron chi connectivity index (χ3n) is 12.5. The molecule has 1 unspecified atom stereocenters. The van der Waals surface area contributed by atoms with E-state index in [2.05, 4.69) is 21.4 Å². The van der Waals surface area contributed by atoms with E-state index in [1.165, 1.54) is 4.90 Å². The van der Waals surface area contributed by atoms with Crippen molar-refractivity contribution in [3.05, 3.63) is 47.7 Å². The summed E-state index contributed by atoms with van der Waals surface area (Å²) < 4.78 is 40.2. The van der Waals surface area contributed by atoms with E-state index >= 15 is 0 Å². The second-order valence-corrected chi connectivity index (χ2v) is 19.7. The van der Waals surface area contributed by atoms with Crippen molar-refractivity contribution in [3.63, 3.8) is 0 Å². The Kier molecular flexibility index (Phi) is 9.65. The second-order valence-electron chi connectivity index (χ2n) is 17.5. The first kappa shape index (κ1) is 37.7. The minimum Gasteiger partial charge on any atom is -0.483 e. The number of hydrogen-bond donors (Lipinski definition) is 3. The molecule has 3 saturated carbocycles. The molecule has 4 fully saturated rings. The molecule has 1 aromatic heterocycles. The molecule has 8 rings (SSSR count). The number of pyridine rings is 1. The average molecular weight is 776 g/mol. The van der Waals surface area contributed by atoms with Gasteiger partial charge in [-0.1, -0.05) is 57.0 Å². The van der Waals surface area contributed by atoms with E-state index in [0.29, 0.717) is 44.9 Å². The summed E-state index contributed by atoms with van der Waals surface area (Å²) in [5.74, 6) is -1.04. The van der Waals surface area contributed by atoms with Crippen LogP contribution in [0.1, 0.15) is 115 Å². The number of para-hydroxylation sites is 1. The van der Waals surface area contributed by atoms with Gasteiger partial charge in [0.25, 0.3) is 5.91 Å². The molecule has 3 aliphatic carbocycles. The molecule has 3 N–H and O–H groups in total. The Morgan fingerprint density at radius 2 is 1.85 bits per heavy atom. The Labute approximate surface area is 322 Å².